The standard InChI is InChI=1S/C18H17N3O5S/c1-21(2)15-8-7-12(27(19,24)25)10-14(15)20-17(22)13-9-11-5-3-4-6-16(11)26-18(13)23/h3-10H,1-2H3,(H,20,22)(H2,19,24,25). The summed E-state index contributed by atoms with van der Waals surface area (Å²) in [5.41, 5.74) is 0.119. The Hall–Kier alpha value is -3.17. The first-order valence-corrected chi connectivity index (χ1v) is 9.40. The number of hydrogen-bond donors (Lipinski definition) is 2. The molecule has 27 heavy (non-hydrogen) atoms. The number of para-hydroxylation sites is 1. The highest BCUT2D eigenvalue weighted by Crippen LogP contribution is 2.27. The number of carbonyl (C=O) groups excluding carboxylic acids is 1. The van der Waals surface area contributed by atoms with Gasteiger partial charge in [0.05, 0.1) is 16.3 Å². The molecule has 8 nitrogen and oxygen atoms in total. The first-order chi connectivity index (χ1) is 12.7. The van der Waals surface area contributed by atoms with Crippen molar-refractivity contribution in [3.05, 3.63) is 64.5 Å². The molecule has 0 aliphatic carbocycles. The Kier molecular flexibility index (Phi) is 4.73. The number of benzene rings is 2. The number of carbonyl (C=O) groups is 1. The molecule has 0 aliphatic rings. The number of primary sulfonamides is 1. The van der Waals surface area contributed by atoms with Crippen molar-refractivity contribution in [3.8, 4) is 0 Å². The molecule has 9 heteroatoms. The summed E-state index contributed by atoms with van der Waals surface area (Å²) in [5, 5.41) is 8.32. The zero-order valence-corrected chi connectivity index (χ0v) is 15.4. The van der Waals surface area contributed by atoms with E-state index in [9.17, 15) is 18.0 Å². The normalized spacial score (nSPS) is 11.4. The van der Waals surface area contributed by atoms with Gasteiger partial charge in [-0.05, 0) is 30.3 Å². The Labute approximate surface area is 155 Å². The summed E-state index contributed by atoms with van der Waals surface area (Å²) in [6.45, 7) is 0. The van der Waals surface area contributed by atoms with Crippen LogP contribution in [0.4, 0.5) is 11.4 Å². The second-order valence-corrected chi connectivity index (χ2v) is 7.62. The maximum Gasteiger partial charge on any atom is 0.349 e. The van der Waals surface area contributed by atoms with Gasteiger partial charge in [0, 0.05) is 19.5 Å². The molecule has 1 amide bonds. The van der Waals surface area contributed by atoms with E-state index >= 15 is 0 Å². The second kappa shape index (κ2) is 6.86. The molecule has 0 spiro atoms. The Morgan fingerprint density at radius 2 is 1.81 bits per heavy atom. The molecule has 2 aromatic carbocycles. The summed E-state index contributed by atoms with van der Waals surface area (Å²) >= 11 is 0. The molecule has 0 atom stereocenters. The molecule has 0 saturated heterocycles. The largest absolute Gasteiger partial charge is 0.422 e. The Morgan fingerprint density at radius 1 is 1.11 bits per heavy atom. The molecular formula is C18H17N3O5S. The van der Waals surface area contributed by atoms with E-state index in [4.69, 9.17) is 9.56 Å². The lowest BCUT2D eigenvalue weighted by Gasteiger charge is -2.18. The second-order valence-electron chi connectivity index (χ2n) is 6.06. The van der Waals surface area contributed by atoms with E-state index in [0.717, 1.165) is 0 Å². The molecule has 1 aromatic heterocycles. The van der Waals surface area contributed by atoms with Crippen LogP contribution in [0.1, 0.15) is 10.4 Å². The third kappa shape index (κ3) is 3.83. The van der Waals surface area contributed by atoms with Crippen LogP contribution >= 0.6 is 0 Å². The van der Waals surface area contributed by atoms with Crippen LogP contribution < -0.4 is 21.0 Å². The van der Waals surface area contributed by atoms with Gasteiger partial charge in [0.1, 0.15) is 11.1 Å². The summed E-state index contributed by atoms with van der Waals surface area (Å²) in [4.78, 5) is 26.3. The van der Waals surface area contributed by atoms with Gasteiger partial charge in [-0.2, -0.15) is 0 Å². The molecule has 3 N–H and O–H groups in total. The summed E-state index contributed by atoms with van der Waals surface area (Å²) in [5.74, 6) is -0.718. The van der Waals surface area contributed by atoms with Crippen molar-refractivity contribution in [2.45, 2.75) is 4.90 Å². The van der Waals surface area contributed by atoms with Crippen molar-refractivity contribution < 1.29 is 17.6 Å². The number of fused-ring (bicyclic) bond motifs is 1. The quantitative estimate of drug-likeness (QED) is 0.658. The van der Waals surface area contributed by atoms with Crippen LogP contribution in [-0.2, 0) is 10.0 Å². The van der Waals surface area contributed by atoms with Crippen LogP contribution in [0, 0.1) is 0 Å². The van der Waals surface area contributed by atoms with Gasteiger partial charge < -0.3 is 14.6 Å². The van der Waals surface area contributed by atoms with E-state index in [1.165, 1.54) is 24.3 Å². The van der Waals surface area contributed by atoms with Crippen molar-refractivity contribution in [1.82, 2.24) is 0 Å². The zero-order chi connectivity index (χ0) is 19.8. The fourth-order valence-corrected chi connectivity index (χ4v) is 3.13. The summed E-state index contributed by atoms with van der Waals surface area (Å²) in [7, 11) is -0.499. The Balaban J connectivity index is 2.05. The van der Waals surface area contributed by atoms with E-state index < -0.39 is 21.6 Å². The lowest BCUT2D eigenvalue weighted by Crippen LogP contribution is -2.23. The Bertz CT molecular complexity index is 1200. The van der Waals surface area contributed by atoms with Gasteiger partial charge in [0.25, 0.3) is 5.91 Å². The lowest BCUT2D eigenvalue weighted by atomic mass is 10.1. The van der Waals surface area contributed by atoms with Crippen molar-refractivity contribution in [1.29, 1.82) is 0 Å². The maximum absolute atomic E-state index is 12.6. The molecule has 3 rings (SSSR count). The predicted molar refractivity (Wildman–Crippen MR) is 103 cm³/mol. The minimum absolute atomic E-state index is 0.158. The SMILES string of the molecule is CN(C)c1ccc(S(N)(=O)=O)cc1NC(=O)c1cc2ccccc2oc1=O. The highest BCUT2D eigenvalue weighted by atomic mass is 32.2. The van der Waals surface area contributed by atoms with Crippen molar-refractivity contribution in [2.75, 3.05) is 24.3 Å². The minimum atomic E-state index is -3.96. The van der Waals surface area contributed by atoms with E-state index in [0.29, 0.717) is 16.7 Å². The topological polar surface area (TPSA) is 123 Å². The monoisotopic (exact) mass is 387 g/mol. The number of sulfonamides is 1. The van der Waals surface area contributed by atoms with Gasteiger partial charge >= 0.3 is 5.63 Å². The number of hydrogen-bond acceptors (Lipinski definition) is 6. The van der Waals surface area contributed by atoms with Crippen LogP contribution in [0.5, 0.6) is 0 Å². The van der Waals surface area contributed by atoms with Gasteiger partial charge in [-0.1, -0.05) is 18.2 Å². The fourth-order valence-electron chi connectivity index (χ4n) is 2.59. The van der Waals surface area contributed by atoms with Gasteiger partial charge in [-0.3, -0.25) is 4.79 Å². The predicted octanol–water partition coefficient (Wildman–Crippen LogP) is 1.76. The molecule has 0 radical (unpaired) electrons. The van der Waals surface area contributed by atoms with Crippen molar-refractivity contribution >= 4 is 38.3 Å². The van der Waals surface area contributed by atoms with Crippen molar-refractivity contribution in [2.24, 2.45) is 5.14 Å². The average molecular weight is 387 g/mol. The molecule has 1 heterocycles. The van der Waals surface area contributed by atoms with Crippen LogP contribution in [0.3, 0.4) is 0 Å². The summed E-state index contributed by atoms with van der Waals surface area (Å²) < 4.78 is 28.4. The number of nitrogens with zero attached hydrogens (tertiary/aromatic N) is 1. The number of amides is 1. The van der Waals surface area contributed by atoms with Crippen LogP contribution in [0.15, 0.2) is 62.6 Å². The van der Waals surface area contributed by atoms with E-state index in [1.54, 1.807) is 43.3 Å². The smallest absolute Gasteiger partial charge is 0.349 e. The highest BCUT2D eigenvalue weighted by Gasteiger charge is 2.18. The van der Waals surface area contributed by atoms with E-state index in [2.05, 4.69) is 5.32 Å². The molecule has 0 saturated carbocycles. The average Bonchev–Trinajstić information content (AvgIpc) is 2.60. The maximum atomic E-state index is 12.6. The highest BCUT2D eigenvalue weighted by molar-refractivity contribution is 7.89. The molecule has 0 bridgehead atoms. The molecular weight excluding hydrogens is 370 g/mol. The van der Waals surface area contributed by atoms with Crippen LogP contribution in [0.2, 0.25) is 0 Å². The third-order valence-corrected chi connectivity index (χ3v) is 4.82. The van der Waals surface area contributed by atoms with Crippen LogP contribution in [0.25, 0.3) is 11.0 Å². The Morgan fingerprint density at radius 3 is 2.48 bits per heavy atom. The van der Waals surface area contributed by atoms with E-state index in [1.807, 2.05) is 0 Å². The van der Waals surface area contributed by atoms with Crippen molar-refractivity contribution in [3.63, 3.8) is 0 Å². The molecule has 0 unspecified atom stereocenters. The molecule has 0 aliphatic heterocycles. The fraction of sp³-hybridized carbons (Fsp3) is 0.111. The van der Waals surface area contributed by atoms with Gasteiger partial charge in [-0.15, -0.1) is 0 Å². The van der Waals surface area contributed by atoms with Crippen LogP contribution in [-0.4, -0.2) is 28.4 Å². The molecule has 0 fully saturated rings. The number of anilines is 2. The van der Waals surface area contributed by atoms with Gasteiger partial charge in [0.15, 0.2) is 0 Å². The minimum Gasteiger partial charge on any atom is -0.422 e. The number of nitrogens with two attached hydrogens (primary N) is 1. The number of nitrogens with one attached hydrogen (secondary N) is 1. The van der Waals surface area contributed by atoms with E-state index in [-0.39, 0.29) is 16.1 Å². The van der Waals surface area contributed by atoms with Gasteiger partial charge in [-0.25, -0.2) is 18.4 Å². The molecule has 140 valence electrons. The zero-order valence-electron chi connectivity index (χ0n) is 14.6. The summed E-state index contributed by atoms with van der Waals surface area (Å²) in [6.07, 6.45) is 0. The first kappa shape index (κ1) is 18.6. The summed E-state index contributed by atoms with van der Waals surface area (Å²) in [6, 6.07) is 12.3. The van der Waals surface area contributed by atoms with Gasteiger partial charge in [0.2, 0.25) is 10.0 Å². The number of rotatable bonds is 4. The third-order valence-electron chi connectivity index (χ3n) is 3.91. The lowest BCUT2D eigenvalue weighted by molar-refractivity contribution is 0.102. The molecule has 3 aromatic rings. The first-order valence-electron chi connectivity index (χ1n) is 7.85.